The van der Waals surface area contributed by atoms with Gasteiger partial charge in [-0.15, -0.1) is 0 Å². The molecule has 2 aromatic heterocycles. The van der Waals surface area contributed by atoms with Gasteiger partial charge in [0.1, 0.15) is 11.5 Å². The minimum atomic E-state index is -3.14. The van der Waals surface area contributed by atoms with Gasteiger partial charge in [-0.1, -0.05) is 5.92 Å². The molecule has 0 atom stereocenters. The molecule has 1 aliphatic rings. The first kappa shape index (κ1) is 20.8. The number of nitrogens with zero attached hydrogens (tertiary/aromatic N) is 4. The highest BCUT2D eigenvalue weighted by Crippen LogP contribution is 2.22. The lowest BCUT2D eigenvalue weighted by atomic mass is 10.1. The molecule has 31 heavy (non-hydrogen) atoms. The zero-order valence-electron chi connectivity index (χ0n) is 17.0. The van der Waals surface area contributed by atoms with Gasteiger partial charge in [0, 0.05) is 47.9 Å². The molecular weight excluding hydrogens is 410 g/mol. The molecule has 156 valence electrons. The summed E-state index contributed by atoms with van der Waals surface area (Å²) in [4.78, 5) is 8.92. The molecule has 1 N–H and O–H groups in total. The summed E-state index contributed by atoms with van der Waals surface area (Å²) in [6.45, 7) is 1.01. The average molecular weight is 432 g/mol. The summed E-state index contributed by atoms with van der Waals surface area (Å²) in [5, 5.41) is 14.2. The van der Waals surface area contributed by atoms with Crippen molar-refractivity contribution < 1.29 is 8.42 Å². The van der Waals surface area contributed by atoms with Crippen LogP contribution in [-0.2, 0) is 10.0 Å². The maximum absolute atomic E-state index is 11.7. The van der Waals surface area contributed by atoms with E-state index in [0.717, 1.165) is 35.0 Å². The van der Waals surface area contributed by atoms with E-state index in [9.17, 15) is 8.42 Å². The molecule has 3 heterocycles. The molecule has 0 saturated carbocycles. The van der Waals surface area contributed by atoms with Crippen molar-refractivity contribution in [2.45, 2.75) is 18.9 Å². The maximum atomic E-state index is 11.7. The van der Waals surface area contributed by atoms with Crippen LogP contribution in [0.4, 0.5) is 5.82 Å². The van der Waals surface area contributed by atoms with Crippen LogP contribution in [-0.4, -0.2) is 48.1 Å². The van der Waals surface area contributed by atoms with E-state index in [-0.39, 0.29) is 6.04 Å². The number of nitrogens with one attached hydrogen (secondary N) is 1. The zero-order valence-corrected chi connectivity index (χ0v) is 17.9. The Balaban J connectivity index is 1.54. The van der Waals surface area contributed by atoms with Gasteiger partial charge in [-0.25, -0.2) is 22.7 Å². The summed E-state index contributed by atoms with van der Waals surface area (Å²) in [5.74, 6) is 6.94. The van der Waals surface area contributed by atoms with E-state index < -0.39 is 10.0 Å². The first-order valence-electron chi connectivity index (χ1n) is 9.91. The Morgan fingerprint density at radius 1 is 1.06 bits per heavy atom. The smallest absolute Gasteiger partial charge is 0.211 e. The highest BCUT2D eigenvalue weighted by Gasteiger charge is 2.25. The summed E-state index contributed by atoms with van der Waals surface area (Å²) < 4.78 is 24.9. The molecule has 0 spiro atoms. The van der Waals surface area contributed by atoms with Crippen LogP contribution < -0.4 is 5.32 Å². The lowest BCUT2D eigenvalue weighted by molar-refractivity contribution is 0.331. The van der Waals surface area contributed by atoms with E-state index >= 15 is 0 Å². The Hall–Kier alpha value is -3.46. The van der Waals surface area contributed by atoms with Gasteiger partial charge in [-0.05, 0) is 55.2 Å². The van der Waals surface area contributed by atoms with E-state index in [2.05, 4.69) is 33.2 Å². The number of anilines is 1. The molecule has 0 unspecified atom stereocenters. The second-order valence-corrected chi connectivity index (χ2v) is 9.45. The van der Waals surface area contributed by atoms with Gasteiger partial charge < -0.3 is 5.32 Å². The van der Waals surface area contributed by atoms with Crippen LogP contribution in [0.15, 0.2) is 48.8 Å². The Labute approximate surface area is 181 Å². The monoisotopic (exact) mass is 431 g/mol. The molecular formula is C23H21N5O2S. The van der Waals surface area contributed by atoms with E-state index in [1.54, 1.807) is 24.5 Å². The van der Waals surface area contributed by atoms with Gasteiger partial charge in [-0.2, -0.15) is 5.26 Å². The third kappa shape index (κ3) is 5.00. The Kier molecular flexibility index (Phi) is 5.85. The summed E-state index contributed by atoms with van der Waals surface area (Å²) in [6, 6.07) is 13.2. The van der Waals surface area contributed by atoms with Gasteiger partial charge in [0.05, 0.1) is 17.9 Å². The number of benzene rings is 1. The predicted molar refractivity (Wildman–Crippen MR) is 120 cm³/mol. The van der Waals surface area contributed by atoms with E-state index in [0.29, 0.717) is 24.3 Å². The van der Waals surface area contributed by atoms with Crippen molar-refractivity contribution in [3.8, 4) is 17.9 Å². The summed E-state index contributed by atoms with van der Waals surface area (Å²) in [7, 11) is -3.14. The number of rotatable bonds is 3. The molecule has 0 bridgehead atoms. The van der Waals surface area contributed by atoms with Crippen LogP contribution in [0.5, 0.6) is 0 Å². The first-order valence-corrected chi connectivity index (χ1v) is 11.8. The van der Waals surface area contributed by atoms with Crippen molar-refractivity contribution in [3.63, 3.8) is 0 Å². The van der Waals surface area contributed by atoms with Gasteiger partial charge in [-0.3, -0.25) is 0 Å². The fraction of sp³-hybridized carbons (Fsp3) is 0.261. The third-order valence-electron chi connectivity index (χ3n) is 5.26. The average Bonchev–Trinajstić information content (AvgIpc) is 2.78. The topological polar surface area (TPSA) is 99.0 Å². The molecule has 8 heteroatoms. The van der Waals surface area contributed by atoms with E-state index in [1.807, 2.05) is 24.3 Å². The number of fused-ring (bicyclic) bond motifs is 1. The van der Waals surface area contributed by atoms with Crippen molar-refractivity contribution in [2.24, 2.45) is 0 Å². The number of aromatic nitrogens is 2. The third-order valence-corrected chi connectivity index (χ3v) is 6.57. The molecule has 1 aliphatic heterocycles. The number of pyridine rings is 2. The maximum Gasteiger partial charge on any atom is 0.211 e. The summed E-state index contributed by atoms with van der Waals surface area (Å²) in [5.41, 5.74) is 2.06. The molecule has 0 aliphatic carbocycles. The number of nitriles is 1. The van der Waals surface area contributed by atoms with Crippen molar-refractivity contribution >= 4 is 26.6 Å². The number of hydrogen-bond acceptors (Lipinski definition) is 6. The molecule has 1 saturated heterocycles. The molecule has 4 rings (SSSR count). The van der Waals surface area contributed by atoms with E-state index in [1.165, 1.54) is 10.6 Å². The van der Waals surface area contributed by atoms with Crippen LogP contribution in [0.1, 0.15) is 29.7 Å². The van der Waals surface area contributed by atoms with Crippen LogP contribution in [0.25, 0.3) is 10.8 Å². The molecule has 0 amide bonds. The summed E-state index contributed by atoms with van der Waals surface area (Å²) in [6.07, 6.45) is 6.20. The molecule has 1 fully saturated rings. The van der Waals surface area contributed by atoms with Crippen molar-refractivity contribution in [3.05, 3.63) is 65.6 Å². The number of piperidine rings is 1. The lowest BCUT2D eigenvalue weighted by Gasteiger charge is -2.30. The Morgan fingerprint density at radius 3 is 2.45 bits per heavy atom. The number of sulfonamides is 1. The molecule has 3 aromatic rings. The van der Waals surface area contributed by atoms with Crippen LogP contribution >= 0.6 is 0 Å². The standard InChI is InChI=1S/C23H21N5O2S/c1-31(29,30)28-12-9-20(10-13-28)27-23-14-21-19(16-26-23)8-11-25-22(21)7-6-17-2-4-18(15-24)5-3-17/h2-5,8,11,14,16,20H,9-10,12-13H2,1H3,(H,26,27). The van der Waals surface area contributed by atoms with Crippen LogP contribution in [0.2, 0.25) is 0 Å². The van der Waals surface area contributed by atoms with E-state index in [4.69, 9.17) is 5.26 Å². The predicted octanol–water partition coefficient (Wildman–Crippen LogP) is 2.74. The fourth-order valence-electron chi connectivity index (χ4n) is 3.54. The largest absolute Gasteiger partial charge is 0.367 e. The van der Waals surface area contributed by atoms with Gasteiger partial charge in [0.15, 0.2) is 0 Å². The first-order chi connectivity index (χ1) is 14.9. The minimum Gasteiger partial charge on any atom is -0.367 e. The highest BCUT2D eigenvalue weighted by molar-refractivity contribution is 7.88. The van der Waals surface area contributed by atoms with Crippen molar-refractivity contribution in [1.29, 1.82) is 5.26 Å². The zero-order chi connectivity index (χ0) is 21.8. The minimum absolute atomic E-state index is 0.160. The fourth-order valence-corrected chi connectivity index (χ4v) is 4.42. The quantitative estimate of drug-likeness (QED) is 0.640. The highest BCUT2D eigenvalue weighted by atomic mass is 32.2. The normalized spacial score (nSPS) is 15.1. The van der Waals surface area contributed by atoms with Gasteiger partial charge in [0.2, 0.25) is 10.0 Å². The second-order valence-electron chi connectivity index (χ2n) is 7.47. The molecule has 0 radical (unpaired) electrons. The van der Waals surface area contributed by atoms with Crippen LogP contribution in [0, 0.1) is 23.2 Å². The Morgan fingerprint density at radius 2 is 1.77 bits per heavy atom. The van der Waals surface area contributed by atoms with Crippen molar-refractivity contribution in [1.82, 2.24) is 14.3 Å². The van der Waals surface area contributed by atoms with Gasteiger partial charge >= 0.3 is 0 Å². The molecule has 1 aromatic carbocycles. The lowest BCUT2D eigenvalue weighted by Crippen LogP contribution is -2.41. The molecule has 7 nitrogen and oxygen atoms in total. The van der Waals surface area contributed by atoms with Gasteiger partial charge in [0.25, 0.3) is 0 Å². The Bertz CT molecular complexity index is 1310. The number of hydrogen-bond donors (Lipinski definition) is 1. The van der Waals surface area contributed by atoms with Crippen molar-refractivity contribution in [2.75, 3.05) is 24.7 Å². The second kappa shape index (κ2) is 8.73. The SMILES string of the molecule is CS(=O)(=O)N1CCC(Nc2cc3c(C#Cc4ccc(C#N)cc4)nccc3cn2)CC1. The van der Waals surface area contributed by atoms with Crippen LogP contribution in [0.3, 0.4) is 0 Å². The summed E-state index contributed by atoms with van der Waals surface area (Å²) >= 11 is 0.